The van der Waals surface area contributed by atoms with Crippen molar-refractivity contribution in [2.45, 2.75) is 82.4 Å². The Morgan fingerprint density at radius 1 is 1.11 bits per heavy atom. The van der Waals surface area contributed by atoms with E-state index in [1.165, 1.54) is 0 Å². The van der Waals surface area contributed by atoms with Crippen LogP contribution in [0.4, 0.5) is 0 Å². The first-order valence-electron chi connectivity index (χ1n) is 12.2. The highest BCUT2D eigenvalue weighted by molar-refractivity contribution is 9.10. The predicted octanol–water partition coefficient (Wildman–Crippen LogP) is 8.27. The van der Waals surface area contributed by atoms with E-state index in [1.807, 2.05) is 50.2 Å². The fourth-order valence-corrected chi connectivity index (χ4v) is 7.44. The molecule has 1 aliphatic heterocycles. The lowest BCUT2D eigenvalue weighted by atomic mass is 9.92. The van der Waals surface area contributed by atoms with Crippen molar-refractivity contribution in [3.8, 4) is 0 Å². The average molecular weight is 615 g/mol. The van der Waals surface area contributed by atoms with Crippen LogP contribution in [0.3, 0.4) is 0 Å². The van der Waals surface area contributed by atoms with Gasteiger partial charge in [0.15, 0.2) is 8.32 Å². The molecule has 2 aromatic rings. The second kappa shape index (κ2) is 10.9. The third kappa shape index (κ3) is 7.01. The van der Waals surface area contributed by atoms with Gasteiger partial charge in [-0.15, -0.1) is 4.40 Å². The summed E-state index contributed by atoms with van der Waals surface area (Å²) in [5.41, 5.74) is 0.726. The van der Waals surface area contributed by atoms with E-state index >= 15 is 0 Å². The van der Waals surface area contributed by atoms with Crippen molar-refractivity contribution in [1.29, 1.82) is 0 Å². The number of hydrogen-bond acceptors (Lipinski definition) is 4. The van der Waals surface area contributed by atoms with Crippen LogP contribution in [0.5, 0.6) is 0 Å². The van der Waals surface area contributed by atoms with E-state index in [9.17, 15) is 8.42 Å². The third-order valence-corrected chi connectivity index (χ3v) is 14.4. The molecular formula is C27H37BrClNO4SSi. The van der Waals surface area contributed by atoms with Gasteiger partial charge >= 0.3 is 0 Å². The fraction of sp³-hybridized carbons (Fsp3) is 0.519. The molecule has 2 atom stereocenters. The Labute approximate surface area is 231 Å². The van der Waals surface area contributed by atoms with Crippen molar-refractivity contribution >= 4 is 51.8 Å². The van der Waals surface area contributed by atoms with Crippen LogP contribution in [-0.4, -0.2) is 34.8 Å². The molecule has 1 aliphatic rings. The first-order chi connectivity index (χ1) is 16.5. The summed E-state index contributed by atoms with van der Waals surface area (Å²) in [6.07, 6.45) is 1.07. The molecule has 198 valence electrons. The summed E-state index contributed by atoms with van der Waals surface area (Å²) in [4.78, 5) is 0. The highest BCUT2D eigenvalue weighted by Crippen LogP contribution is 2.42. The van der Waals surface area contributed by atoms with Gasteiger partial charge in [0.05, 0.1) is 0 Å². The summed E-state index contributed by atoms with van der Waals surface area (Å²) in [5, 5.41) is -0.125. The zero-order chi connectivity index (χ0) is 26.9. The molecule has 0 saturated heterocycles. The molecule has 0 aromatic heterocycles. The van der Waals surface area contributed by atoms with Gasteiger partial charge < -0.3 is 9.16 Å². The van der Waals surface area contributed by atoms with E-state index < -0.39 is 29.2 Å². The smallest absolute Gasteiger partial charge is 0.267 e. The molecule has 0 saturated carbocycles. The van der Waals surface area contributed by atoms with E-state index in [0.717, 1.165) is 10.0 Å². The van der Waals surface area contributed by atoms with Gasteiger partial charge in [-0.2, -0.15) is 0 Å². The molecular weight excluding hydrogens is 578 g/mol. The minimum Gasteiger partial charge on any atom is -0.472 e. The van der Waals surface area contributed by atoms with Crippen LogP contribution in [0.25, 0.3) is 0 Å². The number of hydrogen-bond donors (Lipinski definition) is 0. The molecule has 0 spiro atoms. The van der Waals surface area contributed by atoms with E-state index in [-0.39, 0.29) is 16.9 Å². The topological polar surface area (TPSA) is 65.0 Å². The quantitative estimate of drug-likeness (QED) is 0.281. The minimum absolute atomic E-state index is 0.0268. The van der Waals surface area contributed by atoms with Crippen molar-refractivity contribution in [3.63, 3.8) is 0 Å². The summed E-state index contributed by atoms with van der Waals surface area (Å²) in [7, 11) is -5.75. The van der Waals surface area contributed by atoms with Crippen molar-refractivity contribution in [2.24, 2.45) is 4.40 Å². The van der Waals surface area contributed by atoms with Crippen LogP contribution < -0.4 is 0 Å². The maximum Gasteiger partial charge on any atom is 0.267 e. The largest absolute Gasteiger partial charge is 0.472 e. The molecule has 1 unspecified atom stereocenters. The van der Waals surface area contributed by atoms with Gasteiger partial charge in [0.25, 0.3) is 10.0 Å². The zero-order valence-electron chi connectivity index (χ0n) is 22.1. The van der Waals surface area contributed by atoms with Gasteiger partial charge in [0.2, 0.25) is 5.90 Å². The van der Waals surface area contributed by atoms with E-state index in [1.54, 1.807) is 12.1 Å². The maximum atomic E-state index is 13.4. The molecule has 3 rings (SSSR count). The Bertz CT molecular complexity index is 1190. The molecule has 0 amide bonds. The molecule has 0 fully saturated rings. The number of sulfonamides is 1. The molecule has 2 aromatic carbocycles. The summed E-state index contributed by atoms with van der Waals surface area (Å²) in [6, 6.07) is 14.9. The average Bonchev–Trinajstić information content (AvgIpc) is 2.72. The predicted molar refractivity (Wildman–Crippen MR) is 155 cm³/mol. The van der Waals surface area contributed by atoms with Crippen LogP contribution >= 0.6 is 27.5 Å². The summed E-state index contributed by atoms with van der Waals surface area (Å²) >= 11 is 9.54. The molecule has 0 bridgehead atoms. The number of benzene rings is 2. The SMILES string of the molecule is CC1(C)OC(C[C@@H](CCO[Si](C)(C)C(C)(C)C)c2ccc(Cl)cc2)=NS(=O)(=O)C1c1ccc(Br)cc1. The summed E-state index contributed by atoms with van der Waals surface area (Å²) in [5.74, 6) is 0.210. The van der Waals surface area contributed by atoms with Gasteiger partial charge in [0, 0.05) is 22.5 Å². The number of ether oxygens (including phenoxy) is 1. The minimum atomic E-state index is -3.84. The Morgan fingerprint density at radius 2 is 1.69 bits per heavy atom. The van der Waals surface area contributed by atoms with Crippen LogP contribution in [0, 0.1) is 0 Å². The van der Waals surface area contributed by atoms with E-state index in [0.29, 0.717) is 30.0 Å². The standard InChI is InChI=1S/C27H37BrClNO4SSi/c1-26(2,3)36(6,7)33-17-16-21(19-10-14-23(29)15-11-19)18-24-30-35(31,32)25(27(4,5)34-24)20-8-12-22(28)13-9-20/h8-15,21,25H,16-18H2,1-7H3/t21-,25?/m1/s1. The third-order valence-electron chi connectivity index (χ3n) is 7.21. The lowest BCUT2D eigenvalue weighted by Crippen LogP contribution is -2.43. The van der Waals surface area contributed by atoms with Crippen LogP contribution in [-0.2, 0) is 19.2 Å². The first kappa shape index (κ1) is 29.4. The normalized spacial score (nSPS) is 20.4. The van der Waals surface area contributed by atoms with Crippen LogP contribution in [0.2, 0.25) is 23.2 Å². The second-order valence-corrected chi connectivity index (χ2v) is 19.3. The Hall–Kier alpha value is -1.19. The van der Waals surface area contributed by atoms with Crippen molar-refractivity contribution in [2.75, 3.05) is 6.61 Å². The lowest BCUT2D eigenvalue weighted by molar-refractivity contribution is 0.0798. The van der Waals surface area contributed by atoms with Crippen LogP contribution in [0.15, 0.2) is 57.4 Å². The van der Waals surface area contributed by atoms with E-state index in [2.05, 4.69) is 54.2 Å². The van der Waals surface area contributed by atoms with Gasteiger partial charge in [-0.1, -0.05) is 72.6 Å². The Morgan fingerprint density at radius 3 is 2.22 bits per heavy atom. The van der Waals surface area contributed by atoms with Crippen molar-refractivity contribution in [3.05, 3.63) is 69.2 Å². The molecule has 5 nitrogen and oxygen atoms in total. The van der Waals surface area contributed by atoms with E-state index in [4.69, 9.17) is 20.8 Å². The van der Waals surface area contributed by atoms with Gasteiger partial charge in [-0.25, -0.2) is 8.42 Å². The first-order valence-corrected chi connectivity index (χ1v) is 17.8. The summed E-state index contributed by atoms with van der Waals surface area (Å²) in [6.45, 7) is 15.3. The van der Waals surface area contributed by atoms with Crippen molar-refractivity contribution < 1.29 is 17.6 Å². The molecule has 9 heteroatoms. The molecule has 0 N–H and O–H groups in total. The molecule has 1 heterocycles. The van der Waals surface area contributed by atoms with Crippen LogP contribution in [0.1, 0.15) is 69.8 Å². The summed E-state index contributed by atoms with van der Waals surface area (Å²) < 4.78 is 44.6. The highest BCUT2D eigenvalue weighted by Gasteiger charge is 2.47. The monoisotopic (exact) mass is 613 g/mol. The highest BCUT2D eigenvalue weighted by atomic mass is 79.9. The number of halogens is 2. The van der Waals surface area contributed by atoms with Gasteiger partial charge in [0.1, 0.15) is 10.9 Å². The molecule has 36 heavy (non-hydrogen) atoms. The fourth-order valence-electron chi connectivity index (χ4n) is 4.22. The maximum absolute atomic E-state index is 13.4. The lowest BCUT2D eigenvalue weighted by Gasteiger charge is -2.38. The molecule has 0 aliphatic carbocycles. The zero-order valence-corrected chi connectivity index (χ0v) is 26.3. The van der Waals surface area contributed by atoms with Gasteiger partial charge in [-0.3, -0.25) is 0 Å². The second-order valence-electron chi connectivity index (χ2n) is 11.5. The molecule has 0 radical (unpaired) electrons. The number of rotatable bonds is 8. The Balaban J connectivity index is 1.87. The number of nitrogens with zero attached hydrogens (tertiary/aromatic N) is 1. The van der Waals surface area contributed by atoms with Crippen molar-refractivity contribution in [1.82, 2.24) is 0 Å². The Kier molecular flexibility index (Phi) is 8.88. The van der Waals surface area contributed by atoms with Gasteiger partial charge in [-0.05, 0) is 79.7 Å².